The molecule has 0 radical (unpaired) electrons. The fourth-order valence-electron chi connectivity index (χ4n) is 3.11. The molecule has 0 aliphatic rings. The van der Waals surface area contributed by atoms with E-state index in [0.717, 1.165) is 11.6 Å². The van der Waals surface area contributed by atoms with Crippen molar-refractivity contribution in [2.24, 2.45) is 0 Å². The molecule has 0 bridgehead atoms. The van der Waals surface area contributed by atoms with Gasteiger partial charge in [-0.05, 0) is 36.8 Å². The van der Waals surface area contributed by atoms with Gasteiger partial charge >= 0.3 is 5.97 Å². The number of rotatable bonds is 7. The van der Waals surface area contributed by atoms with Crippen molar-refractivity contribution >= 4 is 28.4 Å². The molecule has 3 rings (SSSR count). The van der Waals surface area contributed by atoms with Crippen LogP contribution in [-0.4, -0.2) is 35.1 Å². The number of hydrogen-bond donors (Lipinski definition) is 1. The normalized spacial score (nSPS) is 11.5. The monoisotopic (exact) mass is 397 g/mol. The number of nitrogens with zero attached hydrogens (tertiary/aromatic N) is 1. The smallest absolute Gasteiger partial charge is 0.379 e. The zero-order valence-corrected chi connectivity index (χ0v) is 16.0. The molecule has 150 valence electrons. The minimum absolute atomic E-state index is 0.0555. The molecule has 1 N–H and O–H groups in total. The van der Waals surface area contributed by atoms with Gasteiger partial charge in [-0.25, -0.2) is 9.18 Å². The van der Waals surface area contributed by atoms with Gasteiger partial charge in [0.05, 0.1) is 24.6 Å². The van der Waals surface area contributed by atoms with E-state index in [4.69, 9.17) is 4.74 Å². The summed E-state index contributed by atoms with van der Waals surface area (Å²) in [6.45, 7) is 1.97. The van der Waals surface area contributed by atoms with E-state index in [0.29, 0.717) is 28.8 Å². The van der Waals surface area contributed by atoms with E-state index in [2.05, 4.69) is 4.74 Å². The van der Waals surface area contributed by atoms with E-state index in [-0.39, 0.29) is 12.4 Å². The van der Waals surface area contributed by atoms with Crippen LogP contribution in [0.4, 0.5) is 4.39 Å². The molecular weight excluding hydrogens is 377 g/mol. The van der Waals surface area contributed by atoms with Crippen LogP contribution < -0.4 is 4.74 Å². The number of aromatic nitrogens is 1. The summed E-state index contributed by atoms with van der Waals surface area (Å²) in [6.07, 6.45) is 2.45. The van der Waals surface area contributed by atoms with Crippen LogP contribution in [-0.2, 0) is 20.9 Å². The molecule has 0 spiro atoms. The Balaban J connectivity index is 2.09. The summed E-state index contributed by atoms with van der Waals surface area (Å²) in [5, 5.41) is 11.1. The van der Waals surface area contributed by atoms with E-state index in [1.54, 1.807) is 42.0 Å². The lowest BCUT2D eigenvalue weighted by Crippen LogP contribution is -2.15. The van der Waals surface area contributed by atoms with E-state index < -0.39 is 17.5 Å². The second-order valence-electron chi connectivity index (χ2n) is 6.27. The molecule has 0 unspecified atom stereocenters. The van der Waals surface area contributed by atoms with Crippen LogP contribution in [0.15, 0.2) is 54.7 Å². The first kappa shape index (κ1) is 20.1. The van der Waals surface area contributed by atoms with Gasteiger partial charge in [0.1, 0.15) is 17.3 Å². The van der Waals surface area contributed by atoms with Crippen molar-refractivity contribution in [2.75, 3.05) is 13.7 Å². The Labute approximate surface area is 166 Å². The average molecular weight is 397 g/mol. The van der Waals surface area contributed by atoms with Gasteiger partial charge in [0.25, 0.3) is 5.78 Å². The molecule has 0 saturated heterocycles. The number of ketones is 1. The molecule has 7 heteroatoms. The van der Waals surface area contributed by atoms with Gasteiger partial charge in [-0.3, -0.25) is 4.79 Å². The maximum atomic E-state index is 13.6. The lowest BCUT2D eigenvalue weighted by Gasteiger charge is -2.07. The van der Waals surface area contributed by atoms with Crippen LogP contribution in [0.2, 0.25) is 0 Å². The highest BCUT2D eigenvalue weighted by atomic mass is 19.1. The number of methoxy groups -OCH3 is 1. The zero-order chi connectivity index (χ0) is 21.0. The zero-order valence-electron chi connectivity index (χ0n) is 16.0. The fraction of sp³-hybridized carbons (Fsp3) is 0.182. The first-order valence-electron chi connectivity index (χ1n) is 8.97. The Morgan fingerprint density at radius 2 is 1.97 bits per heavy atom. The predicted molar refractivity (Wildman–Crippen MR) is 106 cm³/mol. The van der Waals surface area contributed by atoms with E-state index in [1.165, 1.54) is 19.2 Å². The van der Waals surface area contributed by atoms with Crippen LogP contribution in [0.3, 0.4) is 0 Å². The maximum absolute atomic E-state index is 13.6. The van der Waals surface area contributed by atoms with Gasteiger partial charge < -0.3 is 19.1 Å². The summed E-state index contributed by atoms with van der Waals surface area (Å²) in [4.78, 5) is 23.5. The van der Waals surface area contributed by atoms with Crippen LogP contribution in [0, 0.1) is 5.82 Å². The molecule has 6 nitrogen and oxygen atoms in total. The van der Waals surface area contributed by atoms with Gasteiger partial charge in [-0.1, -0.05) is 18.2 Å². The van der Waals surface area contributed by atoms with Crippen molar-refractivity contribution in [1.82, 2.24) is 4.57 Å². The highest BCUT2D eigenvalue weighted by Crippen LogP contribution is 2.34. The van der Waals surface area contributed by atoms with Crippen molar-refractivity contribution in [2.45, 2.75) is 13.5 Å². The van der Waals surface area contributed by atoms with Crippen molar-refractivity contribution in [1.29, 1.82) is 0 Å². The summed E-state index contributed by atoms with van der Waals surface area (Å²) < 4.78 is 25.4. The van der Waals surface area contributed by atoms with Crippen LogP contribution >= 0.6 is 0 Å². The maximum Gasteiger partial charge on any atom is 0.379 e. The van der Waals surface area contributed by atoms with Gasteiger partial charge in [-0.15, -0.1) is 0 Å². The first-order valence-corrected chi connectivity index (χ1v) is 8.97. The molecule has 2 aromatic carbocycles. The Hall–Kier alpha value is -3.61. The van der Waals surface area contributed by atoms with Gasteiger partial charge in [0.2, 0.25) is 0 Å². The minimum Gasteiger partial charge on any atom is -0.507 e. The Kier molecular flexibility index (Phi) is 5.97. The summed E-state index contributed by atoms with van der Waals surface area (Å²) >= 11 is 0. The lowest BCUT2D eigenvalue weighted by atomic mass is 10.1. The predicted octanol–water partition coefficient (Wildman–Crippen LogP) is 3.87. The number of ether oxygens (including phenoxy) is 2. The van der Waals surface area contributed by atoms with Gasteiger partial charge in [0.15, 0.2) is 0 Å². The third-order valence-corrected chi connectivity index (χ3v) is 4.35. The molecule has 1 heterocycles. The largest absolute Gasteiger partial charge is 0.507 e. The third-order valence-electron chi connectivity index (χ3n) is 4.35. The number of hydrogen-bond acceptors (Lipinski definition) is 5. The molecule has 0 atom stereocenters. The van der Waals surface area contributed by atoms with Crippen LogP contribution in [0.25, 0.3) is 16.7 Å². The van der Waals surface area contributed by atoms with E-state index in [9.17, 15) is 19.1 Å². The fourth-order valence-corrected chi connectivity index (χ4v) is 3.11. The third kappa shape index (κ3) is 4.29. The highest BCUT2D eigenvalue weighted by Gasteiger charge is 2.19. The Morgan fingerprint density at radius 3 is 2.66 bits per heavy atom. The number of carbonyl (C=O) groups is 2. The number of benzene rings is 2. The van der Waals surface area contributed by atoms with Gasteiger partial charge in [0, 0.05) is 24.4 Å². The van der Waals surface area contributed by atoms with Crippen LogP contribution in [0.1, 0.15) is 18.1 Å². The molecule has 0 saturated carbocycles. The van der Waals surface area contributed by atoms with Crippen molar-refractivity contribution in [3.8, 4) is 5.75 Å². The van der Waals surface area contributed by atoms with Crippen molar-refractivity contribution in [3.05, 3.63) is 71.7 Å². The Morgan fingerprint density at radius 1 is 1.21 bits per heavy atom. The molecular formula is C22H20FNO5. The SMILES string of the molecule is CCOC(=O)C(=O)C=C(O)c1cn(Cc2cccc(F)c2)c2cccc(OC)c12. The number of aliphatic hydroxyl groups is 1. The summed E-state index contributed by atoms with van der Waals surface area (Å²) in [5.74, 6) is -2.27. The van der Waals surface area contributed by atoms with E-state index >= 15 is 0 Å². The van der Waals surface area contributed by atoms with E-state index in [1.807, 2.05) is 6.07 Å². The topological polar surface area (TPSA) is 77.8 Å². The first-order chi connectivity index (χ1) is 13.9. The number of fused-ring (bicyclic) bond motifs is 1. The molecule has 0 fully saturated rings. The molecule has 29 heavy (non-hydrogen) atoms. The Bertz CT molecular complexity index is 1100. The number of aliphatic hydroxyl groups excluding tert-OH is 1. The standard InChI is InChI=1S/C22H20FNO5/c1-3-29-22(27)19(26)11-18(25)16-13-24(12-14-6-4-7-15(23)10-14)17-8-5-9-20(28-2)21(16)17/h4-11,13,25H,3,12H2,1-2H3. The molecule has 3 aromatic rings. The molecule has 0 amide bonds. The quantitative estimate of drug-likeness (QED) is 0.283. The summed E-state index contributed by atoms with van der Waals surface area (Å²) in [5.41, 5.74) is 1.75. The summed E-state index contributed by atoms with van der Waals surface area (Å²) in [6, 6.07) is 11.5. The van der Waals surface area contributed by atoms with Gasteiger partial charge in [-0.2, -0.15) is 0 Å². The molecule has 0 aliphatic carbocycles. The van der Waals surface area contributed by atoms with Crippen molar-refractivity contribution < 1.29 is 28.6 Å². The van der Waals surface area contributed by atoms with Crippen LogP contribution in [0.5, 0.6) is 5.75 Å². The molecule has 0 aliphatic heterocycles. The number of esters is 1. The lowest BCUT2D eigenvalue weighted by molar-refractivity contribution is -0.151. The summed E-state index contributed by atoms with van der Waals surface area (Å²) in [7, 11) is 1.49. The second-order valence-corrected chi connectivity index (χ2v) is 6.27. The van der Waals surface area contributed by atoms with Crippen molar-refractivity contribution in [3.63, 3.8) is 0 Å². The average Bonchev–Trinajstić information content (AvgIpc) is 3.07. The number of carbonyl (C=O) groups excluding carboxylic acids is 2. The minimum atomic E-state index is -1.05. The number of halogens is 1. The second kappa shape index (κ2) is 8.60. The molecule has 1 aromatic heterocycles. The highest BCUT2D eigenvalue weighted by molar-refractivity contribution is 6.39.